The highest BCUT2D eigenvalue weighted by molar-refractivity contribution is 5.80. The molecule has 0 rings (SSSR count). The summed E-state index contributed by atoms with van der Waals surface area (Å²) in [6.07, 6.45) is 2.97. The van der Waals surface area contributed by atoms with Crippen LogP contribution in [0.1, 0.15) is 20.3 Å². The summed E-state index contributed by atoms with van der Waals surface area (Å²) in [4.78, 5) is 21.9. The molecule has 4 nitrogen and oxygen atoms in total. The van der Waals surface area contributed by atoms with Gasteiger partial charge < -0.3 is 14.8 Å². The fraction of sp³-hybridized carbons (Fsp3) is 0.636. The summed E-state index contributed by atoms with van der Waals surface area (Å²) in [5.74, 6) is 0.101. The lowest BCUT2D eigenvalue weighted by Gasteiger charge is -2.14. The standard InChI is InChI=1S/C11H19NO3/c1-4-5-15-8-11(14)12-10(7-13)6-9(2)3/h4,7,9-10H,1,5-6,8H2,2-3H3,(H,12,14). The van der Waals surface area contributed by atoms with Gasteiger partial charge in [-0.05, 0) is 12.3 Å². The van der Waals surface area contributed by atoms with E-state index < -0.39 is 6.04 Å². The highest BCUT2D eigenvalue weighted by Crippen LogP contribution is 2.02. The zero-order valence-electron chi connectivity index (χ0n) is 9.36. The molecule has 1 amide bonds. The van der Waals surface area contributed by atoms with Crippen LogP contribution in [-0.2, 0) is 14.3 Å². The van der Waals surface area contributed by atoms with E-state index in [4.69, 9.17) is 4.74 Å². The van der Waals surface area contributed by atoms with Crippen LogP contribution in [0.2, 0.25) is 0 Å². The van der Waals surface area contributed by atoms with Crippen molar-refractivity contribution in [3.8, 4) is 0 Å². The molecule has 1 atom stereocenters. The van der Waals surface area contributed by atoms with Gasteiger partial charge in [-0.3, -0.25) is 4.79 Å². The van der Waals surface area contributed by atoms with Crippen molar-refractivity contribution in [2.45, 2.75) is 26.3 Å². The minimum atomic E-state index is -0.412. The van der Waals surface area contributed by atoms with Crippen molar-refractivity contribution in [2.75, 3.05) is 13.2 Å². The Hall–Kier alpha value is -1.16. The minimum Gasteiger partial charge on any atom is -0.368 e. The number of aldehydes is 1. The summed E-state index contributed by atoms with van der Waals surface area (Å²) >= 11 is 0. The second kappa shape index (κ2) is 8.17. The van der Waals surface area contributed by atoms with Crippen LogP contribution in [0.4, 0.5) is 0 Å². The normalized spacial score (nSPS) is 12.2. The molecule has 0 heterocycles. The van der Waals surface area contributed by atoms with E-state index >= 15 is 0 Å². The highest BCUT2D eigenvalue weighted by atomic mass is 16.5. The molecule has 0 aromatic heterocycles. The molecule has 0 aromatic rings. The van der Waals surface area contributed by atoms with Gasteiger partial charge in [0.2, 0.25) is 5.91 Å². The molecule has 15 heavy (non-hydrogen) atoms. The Morgan fingerprint density at radius 2 is 2.20 bits per heavy atom. The van der Waals surface area contributed by atoms with Crippen LogP contribution in [0.3, 0.4) is 0 Å². The maximum absolute atomic E-state index is 11.2. The second-order valence-electron chi connectivity index (χ2n) is 3.74. The van der Waals surface area contributed by atoms with E-state index in [1.165, 1.54) is 0 Å². The minimum absolute atomic E-state index is 0.0333. The van der Waals surface area contributed by atoms with Crippen molar-refractivity contribution >= 4 is 12.2 Å². The Morgan fingerprint density at radius 3 is 2.67 bits per heavy atom. The number of hydrogen-bond acceptors (Lipinski definition) is 3. The predicted molar refractivity (Wildman–Crippen MR) is 58.5 cm³/mol. The molecule has 1 unspecified atom stereocenters. The molecule has 0 aromatic carbocycles. The zero-order chi connectivity index (χ0) is 11.7. The van der Waals surface area contributed by atoms with Crippen LogP contribution >= 0.6 is 0 Å². The molecule has 0 aliphatic heterocycles. The SMILES string of the molecule is C=CCOCC(=O)NC(C=O)CC(C)C. The Labute approximate surface area is 90.7 Å². The van der Waals surface area contributed by atoms with Crippen molar-refractivity contribution in [1.29, 1.82) is 0 Å². The molecular weight excluding hydrogens is 194 g/mol. The van der Waals surface area contributed by atoms with Gasteiger partial charge in [-0.1, -0.05) is 19.9 Å². The van der Waals surface area contributed by atoms with Gasteiger partial charge in [-0.2, -0.15) is 0 Å². The van der Waals surface area contributed by atoms with E-state index in [2.05, 4.69) is 11.9 Å². The lowest BCUT2D eigenvalue weighted by molar-refractivity contribution is -0.127. The van der Waals surface area contributed by atoms with Gasteiger partial charge in [0.25, 0.3) is 0 Å². The van der Waals surface area contributed by atoms with Crippen LogP contribution in [0.15, 0.2) is 12.7 Å². The van der Waals surface area contributed by atoms with Gasteiger partial charge in [0, 0.05) is 0 Å². The Bertz CT molecular complexity index is 214. The molecule has 1 N–H and O–H groups in total. The topological polar surface area (TPSA) is 55.4 Å². The van der Waals surface area contributed by atoms with Crippen LogP contribution < -0.4 is 5.32 Å². The summed E-state index contributed by atoms with van der Waals surface area (Å²) in [6.45, 7) is 7.76. The first-order chi connectivity index (χ1) is 7.10. The quantitative estimate of drug-likeness (QED) is 0.370. The average molecular weight is 213 g/mol. The lowest BCUT2D eigenvalue weighted by Crippen LogP contribution is -2.39. The maximum atomic E-state index is 11.2. The maximum Gasteiger partial charge on any atom is 0.246 e. The Balaban J connectivity index is 3.80. The van der Waals surface area contributed by atoms with Gasteiger partial charge in [-0.15, -0.1) is 6.58 Å². The van der Waals surface area contributed by atoms with E-state index in [1.54, 1.807) is 6.08 Å². The largest absolute Gasteiger partial charge is 0.368 e. The molecule has 0 bridgehead atoms. The van der Waals surface area contributed by atoms with Crippen molar-refractivity contribution in [2.24, 2.45) is 5.92 Å². The van der Waals surface area contributed by atoms with E-state index in [0.29, 0.717) is 18.9 Å². The number of nitrogens with one attached hydrogen (secondary N) is 1. The average Bonchev–Trinajstić information content (AvgIpc) is 2.16. The summed E-state index contributed by atoms with van der Waals surface area (Å²) in [6, 6.07) is -0.412. The van der Waals surface area contributed by atoms with Crippen LogP contribution in [-0.4, -0.2) is 31.4 Å². The molecule has 0 saturated carbocycles. The number of amides is 1. The number of rotatable bonds is 8. The summed E-state index contributed by atoms with van der Waals surface area (Å²) < 4.78 is 4.95. The number of ether oxygens (including phenoxy) is 1. The smallest absolute Gasteiger partial charge is 0.246 e. The third-order valence-electron chi connectivity index (χ3n) is 1.70. The summed E-state index contributed by atoms with van der Waals surface area (Å²) in [5.41, 5.74) is 0. The van der Waals surface area contributed by atoms with Crippen LogP contribution in [0.5, 0.6) is 0 Å². The fourth-order valence-corrected chi connectivity index (χ4v) is 1.14. The van der Waals surface area contributed by atoms with Crippen molar-refractivity contribution in [1.82, 2.24) is 5.32 Å². The van der Waals surface area contributed by atoms with Crippen LogP contribution in [0, 0.1) is 5.92 Å². The Kier molecular flexibility index (Phi) is 7.54. The third kappa shape index (κ3) is 7.88. The Morgan fingerprint density at radius 1 is 1.53 bits per heavy atom. The molecule has 0 radical (unpaired) electrons. The molecule has 4 heteroatoms. The number of hydrogen-bond donors (Lipinski definition) is 1. The van der Waals surface area contributed by atoms with E-state index in [1.807, 2.05) is 13.8 Å². The molecule has 0 saturated heterocycles. The lowest BCUT2D eigenvalue weighted by atomic mass is 10.1. The molecule has 0 aliphatic rings. The van der Waals surface area contributed by atoms with E-state index in [-0.39, 0.29) is 12.5 Å². The van der Waals surface area contributed by atoms with Crippen molar-refractivity contribution < 1.29 is 14.3 Å². The van der Waals surface area contributed by atoms with Gasteiger partial charge in [-0.25, -0.2) is 0 Å². The molecule has 0 spiro atoms. The van der Waals surface area contributed by atoms with E-state index in [9.17, 15) is 9.59 Å². The van der Waals surface area contributed by atoms with Crippen molar-refractivity contribution in [3.63, 3.8) is 0 Å². The first-order valence-electron chi connectivity index (χ1n) is 5.03. The van der Waals surface area contributed by atoms with Gasteiger partial charge in [0.1, 0.15) is 12.9 Å². The second-order valence-corrected chi connectivity index (χ2v) is 3.74. The highest BCUT2D eigenvalue weighted by Gasteiger charge is 2.12. The zero-order valence-corrected chi connectivity index (χ0v) is 9.36. The third-order valence-corrected chi connectivity index (χ3v) is 1.70. The molecular formula is C11H19NO3. The first-order valence-corrected chi connectivity index (χ1v) is 5.03. The summed E-state index contributed by atoms with van der Waals surface area (Å²) in [5, 5.41) is 2.59. The van der Waals surface area contributed by atoms with Crippen molar-refractivity contribution in [3.05, 3.63) is 12.7 Å². The number of carbonyl (C=O) groups excluding carboxylic acids is 2. The fourth-order valence-electron chi connectivity index (χ4n) is 1.14. The molecule has 0 fully saturated rings. The van der Waals surface area contributed by atoms with Crippen LogP contribution in [0.25, 0.3) is 0 Å². The summed E-state index contributed by atoms with van der Waals surface area (Å²) in [7, 11) is 0. The van der Waals surface area contributed by atoms with Gasteiger partial charge in [0.05, 0.1) is 12.6 Å². The first kappa shape index (κ1) is 13.8. The number of carbonyl (C=O) groups is 2. The predicted octanol–water partition coefficient (Wildman–Crippen LogP) is 0.919. The molecule has 0 aliphatic carbocycles. The monoisotopic (exact) mass is 213 g/mol. The van der Waals surface area contributed by atoms with Gasteiger partial charge >= 0.3 is 0 Å². The van der Waals surface area contributed by atoms with E-state index in [0.717, 1.165) is 6.29 Å². The van der Waals surface area contributed by atoms with Gasteiger partial charge in [0.15, 0.2) is 0 Å². The molecule has 86 valence electrons.